The molecule has 0 fully saturated rings. The Morgan fingerprint density at radius 3 is 2.33 bits per heavy atom. The Morgan fingerprint density at radius 1 is 1.05 bits per heavy atom. The highest BCUT2D eigenvalue weighted by Gasteiger charge is 2.16. The first kappa shape index (κ1) is 14.6. The molecule has 0 atom stereocenters. The Bertz CT molecular complexity index is 641. The molecule has 2 N–H and O–H groups in total. The first-order valence-corrected chi connectivity index (χ1v) is 6.43. The lowest BCUT2D eigenvalue weighted by molar-refractivity contribution is -0.121. The van der Waals surface area contributed by atoms with E-state index in [0.717, 1.165) is 5.69 Å². The monoisotopic (exact) mass is 284 g/mol. The number of primary amides is 1. The van der Waals surface area contributed by atoms with E-state index in [2.05, 4.69) is 0 Å². The molecule has 108 valence electrons. The molecule has 0 aliphatic carbocycles. The summed E-state index contributed by atoms with van der Waals surface area (Å²) in [4.78, 5) is 24.6. The van der Waals surface area contributed by atoms with Gasteiger partial charge in [-0.3, -0.25) is 4.79 Å². The Morgan fingerprint density at radius 2 is 1.67 bits per heavy atom. The van der Waals surface area contributed by atoms with Gasteiger partial charge in [-0.05, 0) is 24.3 Å². The summed E-state index contributed by atoms with van der Waals surface area (Å²) in [5.74, 6) is -1.26. The predicted octanol–water partition coefficient (Wildman–Crippen LogP) is 2.10. The molecule has 0 radical (unpaired) electrons. The van der Waals surface area contributed by atoms with Crippen molar-refractivity contribution in [1.82, 2.24) is 0 Å². The zero-order valence-electron chi connectivity index (χ0n) is 11.7. The third kappa shape index (κ3) is 3.60. The number of rotatable bonds is 5. The summed E-state index contributed by atoms with van der Waals surface area (Å²) in [6.45, 7) is -0.428. The summed E-state index contributed by atoms with van der Waals surface area (Å²) in [6, 6.07) is 16.7. The molecule has 2 aromatic carbocycles. The van der Waals surface area contributed by atoms with Crippen LogP contribution in [0.15, 0.2) is 54.6 Å². The highest BCUT2D eigenvalue weighted by Crippen LogP contribution is 2.27. The van der Waals surface area contributed by atoms with Gasteiger partial charge in [-0.1, -0.05) is 30.3 Å². The number of carbonyl (C=O) groups is 2. The minimum atomic E-state index is -0.683. The fraction of sp³-hybridized carbons (Fsp3) is 0.125. The maximum absolute atomic E-state index is 12.0. The van der Waals surface area contributed by atoms with Crippen molar-refractivity contribution in [2.24, 2.45) is 5.73 Å². The molecule has 5 heteroatoms. The molecule has 1 amide bonds. The van der Waals surface area contributed by atoms with Crippen molar-refractivity contribution in [3.63, 3.8) is 0 Å². The van der Waals surface area contributed by atoms with Crippen molar-refractivity contribution in [3.05, 3.63) is 60.2 Å². The highest BCUT2D eigenvalue weighted by molar-refractivity contribution is 5.97. The molecule has 0 saturated heterocycles. The summed E-state index contributed by atoms with van der Waals surface area (Å²) in [7, 11) is 1.86. The number of nitrogens with two attached hydrogens (primary N) is 1. The van der Waals surface area contributed by atoms with E-state index in [1.54, 1.807) is 12.1 Å². The summed E-state index contributed by atoms with van der Waals surface area (Å²) in [5.41, 5.74) is 6.99. The maximum atomic E-state index is 12.0. The molecule has 21 heavy (non-hydrogen) atoms. The van der Waals surface area contributed by atoms with Gasteiger partial charge in [-0.2, -0.15) is 0 Å². The van der Waals surface area contributed by atoms with E-state index in [1.807, 2.05) is 54.4 Å². The minimum absolute atomic E-state index is 0.380. The molecule has 2 rings (SSSR count). The number of anilines is 2. The highest BCUT2D eigenvalue weighted by atomic mass is 16.5. The van der Waals surface area contributed by atoms with Crippen molar-refractivity contribution >= 4 is 23.3 Å². The number of esters is 1. The molecule has 0 aromatic heterocycles. The number of ether oxygens (including phenoxy) is 1. The molecule has 0 saturated carbocycles. The maximum Gasteiger partial charge on any atom is 0.340 e. The molecule has 0 bridgehead atoms. The lowest BCUT2D eigenvalue weighted by atomic mass is 10.1. The van der Waals surface area contributed by atoms with Crippen LogP contribution in [0.25, 0.3) is 0 Å². The van der Waals surface area contributed by atoms with E-state index >= 15 is 0 Å². The Kier molecular flexibility index (Phi) is 4.56. The van der Waals surface area contributed by atoms with Crippen LogP contribution in [-0.2, 0) is 9.53 Å². The molecule has 0 aliphatic heterocycles. The van der Waals surface area contributed by atoms with Crippen molar-refractivity contribution in [1.29, 1.82) is 0 Å². The molecule has 0 spiro atoms. The van der Waals surface area contributed by atoms with Gasteiger partial charge in [0.25, 0.3) is 5.91 Å². The van der Waals surface area contributed by atoms with Crippen LogP contribution >= 0.6 is 0 Å². The minimum Gasteiger partial charge on any atom is -0.452 e. The van der Waals surface area contributed by atoms with Crippen LogP contribution in [0.2, 0.25) is 0 Å². The number of amides is 1. The topological polar surface area (TPSA) is 72.6 Å². The van der Waals surface area contributed by atoms with Crippen molar-refractivity contribution in [2.45, 2.75) is 0 Å². The van der Waals surface area contributed by atoms with E-state index in [9.17, 15) is 9.59 Å². The second kappa shape index (κ2) is 6.56. The van der Waals surface area contributed by atoms with Crippen molar-refractivity contribution < 1.29 is 14.3 Å². The SMILES string of the molecule is CN(c1ccccc1)c1ccccc1C(=O)OCC(N)=O. The lowest BCUT2D eigenvalue weighted by Gasteiger charge is -2.21. The normalized spacial score (nSPS) is 9.95. The van der Waals surface area contributed by atoms with E-state index in [0.29, 0.717) is 11.3 Å². The van der Waals surface area contributed by atoms with Gasteiger partial charge < -0.3 is 15.4 Å². The molecular weight excluding hydrogens is 268 g/mol. The zero-order chi connectivity index (χ0) is 15.2. The van der Waals surface area contributed by atoms with E-state index in [-0.39, 0.29) is 0 Å². The first-order valence-electron chi connectivity index (χ1n) is 6.43. The van der Waals surface area contributed by atoms with Crippen molar-refractivity contribution in [2.75, 3.05) is 18.6 Å². The van der Waals surface area contributed by atoms with Gasteiger partial charge in [-0.25, -0.2) is 4.79 Å². The van der Waals surface area contributed by atoms with Gasteiger partial charge in [-0.15, -0.1) is 0 Å². The lowest BCUT2D eigenvalue weighted by Crippen LogP contribution is -2.22. The number of benzene rings is 2. The van der Waals surface area contributed by atoms with Crippen LogP contribution in [0.4, 0.5) is 11.4 Å². The Balaban J connectivity index is 2.28. The number of hydrogen-bond acceptors (Lipinski definition) is 4. The first-order chi connectivity index (χ1) is 10.1. The second-order valence-corrected chi connectivity index (χ2v) is 4.45. The molecule has 0 heterocycles. The zero-order valence-corrected chi connectivity index (χ0v) is 11.7. The van der Waals surface area contributed by atoms with Gasteiger partial charge in [0.1, 0.15) is 0 Å². The molecular formula is C16H16N2O3. The van der Waals surface area contributed by atoms with Crippen LogP contribution < -0.4 is 10.6 Å². The van der Waals surface area contributed by atoms with Crippen LogP contribution in [0.3, 0.4) is 0 Å². The molecule has 0 unspecified atom stereocenters. The van der Waals surface area contributed by atoms with Gasteiger partial charge >= 0.3 is 5.97 Å². The smallest absolute Gasteiger partial charge is 0.340 e. The van der Waals surface area contributed by atoms with Gasteiger partial charge in [0.2, 0.25) is 0 Å². The predicted molar refractivity (Wildman–Crippen MR) is 80.4 cm³/mol. The number of para-hydroxylation sites is 2. The van der Waals surface area contributed by atoms with E-state index in [1.165, 1.54) is 0 Å². The third-order valence-electron chi connectivity index (χ3n) is 2.97. The summed E-state index contributed by atoms with van der Waals surface area (Å²) < 4.78 is 4.88. The number of hydrogen-bond donors (Lipinski definition) is 1. The molecule has 2 aromatic rings. The quantitative estimate of drug-likeness (QED) is 0.853. The van der Waals surface area contributed by atoms with Crippen LogP contribution in [0.5, 0.6) is 0 Å². The summed E-state index contributed by atoms with van der Waals surface area (Å²) in [5, 5.41) is 0. The average Bonchev–Trinajstić information content (AvgIpc) is 2.52. The fourth-order valence-corrected chi connectivity index (χ4v) is 1.94. The van der Waals surface area contributed by atoms with Crippen LogP contribution in [0.1, 0.15) is 10.4 Å². The average molecular weight is 284 g/mol. The second-order valence-electron chi connectivity index (χ2n) is 4.45. The molecule has 5 nitrogen and oxygen atoms in total. The van der Waals surface area contributed by atoms with Gasteiger partial charge in [0.15, 0.2) is 6.61 Å². The number of carbonyl (C=O) groups excluding carboxylic acids is 2. The van der Waals surface area contributed by atoms with Gasteiger partial charge in [0.05, 0.1) is 11.3 Å². The largest absolute Gasteiger partial charge is 0.452 e. The molecule has 0 aliphatic rings. The van der Waals surface area contributed by atoms with Crippen LogP contribution in [0, 0.1) is 0 Å². The fourth-order valence-electron chi connectivity index (χ4n) is 1.94. The van der Waals surface area contributed by atoms with E-state index < -0.39 is 18.5 Å². The Labute approximate surface area is 122 Å². The summed E-state index contributed by atoms with van der Waals surface area (Å²) >= 11 is 0. The van der Waals surface area contributed by atoms with E-state index in [4.69, 9.17) is 10.5 Å². The van der Waals surface area contributed by atoms with Crippen LogP contribution in [-0.4, -0.2) is 25.5 Å². The van der Waals surface area contributed by atoms with Gasteiger partial charge in [0, 0.05) is 12.7 Å². The van der Waals surface area contributed by atoms with Crippen molar-refractivity contribution in [3.8, 4) is 0 Å². The Hall–Kier alpha value is -2.82. The standard InChI is InChI=1S/C16H16N2O3/c1-18(12-7-3-2-4-8-12)14-10-6-5-9-13(14)16(20)21-11-15(17)19/h2-10H,11H2,1H3,(H2,17,19). The third-order valence-corrected chi connectivity index (χ3v) is 2.97. The number of nitrogens with zero attached hydrogens (tertiary/aromatic N) is 1. The summed E-state index contributed by atoms with van der Waals surface area (Å²) in [6.07, 6.45) is 0.